The highest BCUT2D eigenvalue weighted by Crippen LogP contribution is 2.26. The van der Waals surface area contributed by atoms with Crippen LogP contribution in [0.2, 0.25) is 0 Å². The highest BCUT2D eigenvalue weighted by Gasteiger charge is 2.24. The van der Waals surface area contributed by atoms with E-state index >= 15 is 0 Å². The minimum atomic E-state index is -4.26. The van der Waals surface area contributed by atoms with Crippen LogP contribution < -0.4 is 0 Å². The summed E-state index contributed by atoms with van der Waals surface area (Å²) in [6.45, 7) is 3.58. The summed E-state index contributed by atoms with van der Waals surface area (Å²) >= 11 is 1.96. The first kappa shape index (κ1) is 22.7. The Bertz CT molecular complexity index is 604. The van der Waals surface area contributed by atoms with Crippen molar-refractivity contribution in [1.29, 1.82) is 0 Å². The minimum Gasteiger partial charge on any atom is -0.462 e. The van der Waals surface area contributed by atoms with Gasteiger partial charge in [-0.05, 0) is 41.9 Å². The van der Waals surface area contributed by atoms with Gasteiger partial charge in [-0.25, -0.2) is 0 Å². The molecule has 0 spiro atoms. The van der Waals surface area contributed by atoms with Crippen molar-refractivity contribution in [2.24, 2.45) is 0 Å². The second-order valence-corrected chi connectivity index (χ2v) is 7.03. The van der Waals surface area contributed by atoms with E-state index in [1.165, 1.54) is 6.08 Å². The Morgan fingerprint density at radius 3 is 2.65 bits per heavy atom. The average Bonchev–Trinajstić information content (AvgIpc) is 2.87. The topological polar surface area (TPSA) is 43.4 Å². The molecule has 0 aromatic rings. The van der Waals surface area contributed by atoms with Gasteiger partial charge < -0.3 is 4.74 Å². The van der Waals surface area contributed by atoms with E-state index in [1.54, 1.807) is 12.2 Å². The normalized spacial score (nSPS) is 17.6. The van der Waals surface area contributed by atoms with Gasteiger partial charge in [0, 0.05) is 24.8 Å². The quantitative estimate of drug-likeness (QED) is 0.131. The van der Waals surface area contributed by atoms with E-state index in [1.807, 2.05) is 28.7 Å². The van der Waals surface area contributed by atoms with Gasteiger partial charge in [0.1, 0.15) is 6.10 Å². The molecule has 0 amide bonds. The molecule has 0 saturated carbocycles. The van der Waals surface area contributed by atoms with Crippen molar-refractivity contribution in [1.82, 2.24) is 0 Å². The lowest BCUT2D eigenvalue weighted by Crippen LogP contribution is -2.17. The van der Waals surface area contributed by atoms with Gasteiger partial charge in [-0.1, -0.05) is 30.4 Å². The van der Waals surface area contributed by atoms with Crippen LogP contribution in [0.5, 0.6) is 0 Å². The van der Waals surface area contributed by atoms with E-state index in [2.05, 4.69) is 6.58 Å². The average molecular weight is 482 g/mol. The third kappa shape index (κ3) is 9.35. The summed E-state index contributed by atoms with van der Waals surface area (Å²) in [6.07, 6.45) is 4.28. The second-order valence-electron chi connectivity index (χ2n) is 5.87. The SMILES string of the molecule is C=CCCCC(=O)O[C@@H](C/C=C\CC(F)(F)F)C/C=C1\CC=C(I)C1=O. The Morgan fingerprint density at radius 2 is 2.08 bits per heavy atom. The molecule has 1 aliphatic carbocycles. The van der Waals surface area contributed by atoms with Crippen LogP contribution in [0.3, 0.4) is 0 Å². The molecule has 1 rings (SSSR count). The number of Topliss-reactive ketones (excluding diaryl/α,β-unsaturated/α-hetero) is 1. The molecule has 1 aliphatic rings. The smallest absolute Gasteiger partial charge is 0.392 e. The van der Waals surface area contributed by atoms with E-state index in [9.17, 15) is 22.8 Å². The summed E-state index contributed by atoms with van der Waals surface area (Å²) in [4.78, 5) is 23.8. The predicted molar refractivity (Wildman–Crippen MR) is 103 cm³/mol. The molecule has 0 saturated heterocycles. The Balaban J connectivity index is 2.62. The number of rotatable bonds is 10. The van der Waals surface area contributed by atoms with Gasteiger partial charge in [-0.3, -0.25) is 9.59 Å². The van der Waals surface area contributed by atoms with Gasteiger partial charge in [0.2, 0.25) is 0 Å². The number of halogens is 4. The van der Waals surface area contributed by atoms with Crippen LogP contribution in [0.15, 0.2) is 46.1 Å². The zero-order valence-corrected chi connectivity index (χ0v) is 16.5. The molecule has 7 heteroatoms. The van der Waals surface area contributed by atoms with Gasteiger partial charge in [-0.2, -0.15) is 13.2 Å². The molecule has 144 valence electrons. The minimum absolute atomic E-state index is 0.0470. The molecule has 0 radical (unpaired) electrons. The number of hydrogen-bond acceptors (Lipinski definition) is 3. The van der Waals surface area contributed by atoms with Gasteiger partial charge >= 0.3 is 12.1 Å². The number of ether oxygens (including phenoxy) is 1. The Morgan fingerprint density at radius 1 is 1.35 bits per heavy atom. The maximum Gasteiger partial charge on any atom is 0.392 e. The first-order valence-electron chi connectivity index (χ1n) is 8.34. The number of hydrogen-bond donors (Lipinski definition) is 0. The monoisotopic (exact) mass is 482 g/mol. The van der Waals surface area contributed by atoms with Gasteiger partial charge in [0.05, 0.1) is 10.0 Å². The Labute approximate surface area is 165 Å². The number of esters is 1. The number of carbonyl (C=O) groups excluding carboxylic acids is 2. The summed E-state index contributed by atoms with van der Waals surface area (Å²) in [5.74, 6) is -0.445. The molecule has 0 bridgehead atoms. The van der Waals surface area contributed by atoms with Crippen LogP contribution >= 0.6 is 22.6 Å². The zero-order valence-electron chi connectivity index (χ0n) is 14.4. The summed E-state index contributed by atoms with van der Waals surface area (Å²) in [5.41, 5.74) is 0.626. The van der Waals surface area contributed by atoms with Gasteiger partial charge in [-0.15, -0.1) is 6.58 Å². The van der Waals surface area contributed by atoms with Crippen molar-refractivity contribution in [3.05, 3.63) is 46.1 Å². The highest BCUT2D eigenvalue weighted by molar-refractivity contribution is 14.1. The number of alkyl halides is 3. The third-order valence-electron chi connectivity index (χ3n) is 3.64. The van der Waals surface area contributed by atoms with Crippen molar-refractivity contribution >= 4 is 34.3 Å². The first-order chi connectivity index (χ1) is 12.2. The molecule has 1 atom stereocenters. The second kappa shape index (κ2) is 11.4. The highest BCUT2D eigenvalue weighted by atomic mass is 127. The van der Waals surface area contributed by atoms with Crippen molar-refractivity contribution in [3.8, 4) is 0 Å². The van der Waals surface area contributed by atoms with Crippen molar-refractivity contribution in [3.63, 3.8) is 0 Å². The lowest BCUT2D eigenvalue weighted by molar-refractivity contribution is -0.149. The standard InChI is InChI=1S/C19H22F3IO3/c1-2-3-4-8-17(24)26-15(7-5-6-13-19(20,21)22)11-9-14-10-12-16(23)18(14)25/h2,5-6,9,12,15H,1,3-4,7-8,10-11,13H2/b6-5-,14-9+/t15-/m0/s1. The maximum atomic E-state index is 12.2. The fraction of sp³-hybridized carbons (Fsp3) is 0.474. The molecule has 26 heavy (non-hydrogen) atoms. The van der Waals surface area contributed by atoms with E-state index in [-0.39, 0.29) is 18.6 Å². The summed E-state index contributed by atoms with van der Waals surface area (Å²) in [5, 5.41) is 0. The van der Waals surface area contributed by atoms with E-state index < -0.39 is 24.7 Å². The van der Waals surface area contributed by atoms with E-state index in [4.69, 9.17) is 4.74 Å². The molecule has 0 aromatic carbocycles. The molecule has 0 aromatic heterocycles. The fourth-order valence-electron chi connectivity index (χ4n) is 2.28. The van der Waals surface area contributed by atoms with Gasteiger partial charge in [0.15, 0.2) is 5.78 Å². The molecule has 0 heterocycles. The molecule has 0 N–H and O–H groups in total. The number of allylic oxidation sites excluding steroid dienone is 5. The van der Waals surface area contributed by atoms with Crippen LogP contribution in [-0.2, 0) is 14.3 Å². The van der Waals surface area contributed by atoms with E-state index in [0.717, 1.165) is 6.08 Å². The lowest BCUT2D eigenvalue weighted by atomic mass is 10.1. The zero-order chi connectivity index (χ0) is 19.6. The molecule has 0 unspecified atom stereocenters. The number of unbranched alkanes of at least 4 members (excludes halogenated alkanes) is 1. The van der Waals surface area contributed by atoms with Crippen molar-refractivity contribution in [2.75, 3.05) is 0 Å². The number of carbonyl (C=O) groups is 2. The summed E-state index contributed by atoms with van der Waals surface area (Å²) < 4.78 is 42.6. The molecule has 0 fully saturated rings. The number of ketones is 1. The van der Waals surface area contributed by atoms with Crippen LogP contribution in [0.25, 0.3) is 0 Å². The van der Waals surface area contributed by atoms with Gasteiger partial charge in [0.25, 0.3) is 0 Å². The summed E-state index contributed by atoms with van der Waals surface area (Å²) in [6, 6.07) is 0. The molecular formula is C19H22F3IO3. The molecular weight excluding hydrogens is 460 g/mol. The Hall–Kier alpha value is -1.38. The predicted octanol–water partition coefficient (Wildman–Crippen LogP) is 5.76. The molecule has 0 aliphatic heterocycles. The lowest BCUT2D eigenvalue weighted by Gasteiger charge is -2.15. The van der Waals surface area contributed by atoms with Crippen molar-refractivity contribution in [2.45, 2.75) is 57.2 Å². The van der Waals surface area contributed by atoms with Crippen LogP contribution in [0, 0.1) is 0 Å². The molecule has 3 nitrogen and oxygen atoms in total. The van der Waals surface area contributed by atoms with Crippen molar-refractivity contribution < 1.29 is 27.5 Å². The van der Waals surface area contributed by atoms with Crippen LogP contribution in [0.1, 0.15) is 44.9 Å². The fourth-order valence-corrected chi connectivity index (χ4v) is 2.85. The Kier molecular flexibility index (Phi) is 9.90. The third-order valence-corrected chi connectivity index (χ3v) is 4.57. The van der Waals surface area contributed by atoms with Crippen LogP contribution in [0.4, 0.5) is 13.2 Å². The first-order valence-corrected chi connectivity index (χ1v) is 9.42. The van der Waals surface area contributed by atoms with E-state index in [0.29, 0.717) is 34.8 Å². The largest absolute Gasteiger partial charge is 0.462 e. The summed E-state index contributed by atoms with van der Waals surface area (Å²) in [7, 11) is 0. The maximum absolute atomic E-state index is 12.2. The van der Waals surface area contributed by atoms with Crippen LogP contribution in [-0.4, -0.2) is 24.0 Å².